The summed E-state index contributed by atoms with van der Waals surface area (Å²) in [5.74, 6) is -4.26. The number of anilines is 1. The van der Waals surface area contributed by atoms with Gasteiger partial charge in [0.2, 0.25) is 43.8 Å². The Balaban J connectivity index is 2.05. The molecule has 6 atom stereocenters. The Labute approximate surface area is 324 Å². The van der Waals surface area contributed by atoms with E-state index >= 15 is 0 Å². The van der Waals surface area contributed by atoms with Crippen molar-refractivity contribution >= 4 is 62.5 Å². The standard InChI is InChI=1S/C35H49BN4O16/c1-34(2,3)54-16-35(4,5)32(48)39-12-7-6-8-21(37)29(45)38-13-11-24(44)40-22-14-20(15-50-33(36)49)9-10-23(22)55-31-28(53-19-43)26(52-18-42)25(51-17-41)27(56-31)30(46)47/h9-10,14,17-19,21,25-28,31H,6-8,11-13,15-16,37H2,1-5H3,(H,38,45)(H,39,48)(H,40,44)(H,46,47)/t21?,25-,26-,27-,28+,31+/m0/s1. The van der Waals surface area contributed by atoms with Crippen LogP contribution in [0, 0.1) is 5.41 Å². The molecule has 6 N–H and O–H groups in total. The highest BCUT2D eigenvalue weighted by atomic mass is 16.7. The minimum atomic E-state index is -1.98. The number of amides is 3. The molecule has 1 aliphatic heterocycles. The number of carbonyl (C=O) groups excluding carboxylic acids is 7. The van der Waals surface area contributed by atoms with Crippen LogP contribution in [0.1, 0.15) is 65.9 Å². The molecule has 0 spiro atoms. The van der Waals surface area contributed by atoms with Crippen molar-refractivity contribution in [1.29, 1.82) is 0 Å². The zero-order chi connectivity index (χ0) is 42.1. The van der Waals surface area contributed by atoms with Crippen LogP contribution in [0.3, 0.4) is 0 Å². The first-order valence-electron chi connectivity index (χ1n) is 17.5. The number of hydrogen-bond donors (Lipinski definition) is 5. The molecule has 1 unspecified atom stereocenters. The van der Waals surface area contributed by atoms with E-state index in [-0.39, 0.29) is 68.5 Å². The van der Waals surface area contributed by atoms with Gasteiger partial charge in [-0.25, -0.2) is 4.79 Å². The van der Waals surface area contributed by atoms with Gasteiger partial charge in [-0.3, -0.25) is 33.6 Å². The predicted molar refractivity (Wildman–Crippen MR) is 193 cm³/mol. The maximum atomic E-state index is 13.0. The maximum absolute atomic E-state index is 13.0. The fraction of sp³-hybridized carbons (Fsp3) is 0.600. The van der Waals surface area contributed by atoms with Crippen molar-refractivity contribution in [3.8, 4) is 5.75 Å². The van der Waals surface area contributed by atoms with Crippen molar-refractivity contribution in [3.63, 3.8) is 0 Å². The molecule has 2 radical (unpaired) electrons. The molecule has 3 amide bonds. The SMILES string of the molecule is [B]C(=O)OCc1ccc(O[C@@H]2O[C@H](C(=O)O)[C@@H](OC=O)[C@H](OC=O)[C@H]2OC=O)c(NC(=O)CCNC(=O)C(N)CCCCNC(=O)C(C)(C)COC(C)(C)C)c1. The zero-order valence-electron chi connectivity index (χ0n) is 31.8. The normalized spacial score (nSPS) is 19.9. The van der Waals surface area contributed by atoms with E-state index in [1.54, 1.807) is 13.8 Å². The Morgan fingerprint density at radius 2 is 1.57 bits per heavy atom. The molecular weight excluding hydrogens is 743 g/mol. The summed E-state index contributed by atoms with van der Waals surface area (Å²) in [5.41, 5.74) is 5.14. The number of unbranched alkanes of at least 4 members (excludes halogenated alkanes) is 1. The number of carboxylic acids is 1. The van der Waals surface area contributed by atoms with Gasteiger partial charge in [0.15, 0.2) is 18.3 Å². The van der Waals surface area contributed by atoms with Crippen LogP contribution in [-0.4, -0.2) is 124 Å². The van der Waals surface area contributed by atoms with E-state index in [1.165, 1.54) is 18.2 Å². The molecule has 2 rings (SSSR count). The fourth-order valence-corrected chi connectivity index (χ4v) is 5.06. The van der Waals surface area contributed by atoms with Crippen LogP contribution in [0.25, 0.3) is 0 Å². The van der Waals surface area contributed by atoms with Crippen LogP contribution in [0.15, 0.2) is 18.2 Å². The summed E-state index contributed by atoms with van der Waals surface area (Å²) in [4.78, 5) is 95.2. The molecular formula is C35H49BN4O16. The first kappa shape index (κ1) is 46.9. The van der Waals surface area contributed by atoms with Gasteiger partial charge < -0.3 is 59.9 Å². The van der Waals surface area contributed by atoms with Crippen LogP contribution >= 0.6 is 0 Å². The van der Waals surface area contributed by atoms with Crippen LogP contribution in [0.4, 0.5) is 10.5 Å². The summed E-state index contributed by atoms with van der Waals surface area (Å²) in [6.45, 7) is 9.20. The number of nitrogens with one attached hydrogen (secondary N) is 3. The number of nitrogens with two attached hydrogens (primary N) is 1. The molecule has 1 aromatic rings. The van der Waals surface area contributed by atoms with Crippen molar-refractivity contribution in [2.24, 2.45) is 11.1 Å². The van der Waals surface area contributed by atoms with Crippen LogP contribution in [0.2, 0.25) is 0 Å². The van der Waals surface area contributed by atoms with Crippen molar-refractivity contribution < 1.29 is 76.6 Å². The van der Waals surface area contributed by atoms with E-state index in [4.69, 9.17) is 46.7 Å². The fourth-order valence-electron chi connectivity index (χ4n) is 5.06. The summed E-state index contributed by atoms with van der Waals surface area (Å²) in [6.07, 6.45) is -7.81. The Kier molecular flexibility index (Phi) is 18.7. The van der Waals surface area contributed by atoms with E-state index in [1.807, 2.05) is 20.8 Å². The molecule has 0 saturated carbocycles. The quantitative estimate of drug-likeness (QED) is 0.0405. The molecule has 1 aliphatic rings. The predicted octanol–water partition coefficient (Wildman–Crippen LogP) is 0.205. The summed E-state index contributed by atoms with van der Waals surface area (Å²) < 4.78 is 36.5. The zero-order valence-corrected chi connectivity index (χ0v) is 31.8. The second kappa shape index (κ2) is 22.3. The molecule has 1 saturated heterocycles. The average Bonchev–Trinajstić information content (AvgIpc) is 3.12. The lowest BCUT2D eigenvalue weighted by molar-refractivity contribution is -0.276. The number of benzene rings is 1. The number of hydrogen-bond acceptors (Lipinski definition) is 16. The number of ether oxygens (including phenoxy) is 7. The first-order chi connectivity index (χ1) is 26.3. The smallest absolute Gasteiger partial charge is 0.337 e. The van der Waals surface area contributed by atoms with Gasteiger partial charge in [0.05, 0.1) is 29.4 Å². The Morgan fingerprint density at radius 3 is 2.18 bits per heavy atom. The molecule has 56 heavy (non-hydrogen) atoms. The lowest BCUT2D eigenvalue weighted by Crippen LogP contribution is -2.63. The number of rotatable bonds is 24. The Hall–Kier alpha value is -5.28. The van der Waals surface area contributed by atoms with Crippen molar-refractivity contribution in [2.75, 3.05) is 25.0 Å². The van der Waals surface area contributed by atoms with Crippen LogP contribution in [-0.2, 0) is 68.6 Å². The minimum Gasteiger partial charge on any atom is -0.479 e. The van der Waals surface area contributed by atoms with Crippen LogP contribution < -0.4 is 26.4 Å². The van der Waals surface area contributed by atoms with Crippen molar-refractivity contribution in [3.05, 3.63) is 23.8 Å². The molecule has 1 fully saturated rings. The van der Waals surface area contributed by atoms with E-state index in [0.717, 1.165) is 0 Å². The number of aliphatic carboxylic acids is 1. The molecule has 308 valence electrons. The van der Waals surface area contributed by atoms with Gasteiger partial charge in [0, 0.05) is 19.5 Å². The second-order valence-corrected chi connectivity index (χ2v) is 14.1. The molecule has 1 heterocycles. The highest BCUT2D eigenvalue weighted by molar-refractivity contribution is 6.55. The molecule has 0 aromatic heterocycles. The second-order valence-electron chi connectivity index (χ2n) is 14.1. The van der Waals surface area contributed by atoms with Crippen molar-refractivity contribution in [2.45, 2.75) is 109 Å². The summed E-state index contributed by atoms with van der Waals surface area (Å²) in [7, 11) is 5.06. The van der Waals surface area contributed by atoms with Gasteiger partial charge in [-0.15, -0.1) is 0 Å². The Morgan fingerprint density at radius 1 is 0.929 bits per heavy atom. The van der Waals surface area contributed by atoms with Gasteiger partial charge in [0.25, 0.3) is 19.4 Å². The molecule has 21 heteroatoms. The minimum absolute atomic E-state index is 0.0647. The van der Waals surface area contributed by atoms with E-state index < -0.39 is 65.8 Å². The molecule has 1 aromatic carbocycles. The first-order valence-corrected chi connectivity index (χ1v) is 17.5. The monoisotopic (exact) mass is 792 g/mol. The third-order valence-electron chi connectivity index (χ3n) is 8.01. The summed E-state index contributed by atoms with van der Waals surface area (Å²) >= 11 is 0. The molecule has 0 aliphatic carbocycles. The van der Waals surface area contributed by atoms with Crippen LogP contribution in [0.5, 0.6) is 5.75 Å². The largest absolute Gasteiger partial charge is 0.479 e. The number of carbonyl (C=O) groups is 8. The highest BCUT2D eigenvalue weighted by Crippen LogP contribution is 2.33. The van der Waals surface area contributed by atoms with Gasteiger partial charge in [-0.05, 0) is 71.6 Å². The molecule has 0 bridgehead atoms. The topological polar surface area (TPSA) is 284 Å². The highest BCUT2D eigenvalue weighted by Gasteiger charge is 2.54. The van der Waals surface area contributed by atoms with Gasteiger partial charge >= 0.3 is 5.97 Å². The Bertz CT molecular complexity index is 1540. The molecule has 20 nitrogen and oxygen atoms in total. The third-order valence-corrected chi connectivity index (χ3v) is 8.01. The maximum Gasteiger partial charge on any atom is 0.337 e. The third kappa shape index (κ3) is 15.5. The van der Waals surface area contributed by atoms with Crippen molar-refractivity contribution in [1.82, 2.24) is 10.6 Å². The lowest BCUT2D eigenvalue weighted by atomic mass is 9.93. The van der Waals surface area contributed by atoms with E-state index in [2.05, 4.69) is 16.0 Å². The van der Waals surface area contributed by atoms with Gasteiger partial charge in [0.1, 0.15) is 12.4 Å². The van der Waals surface area contributed by atoms with Gasteiger partial charge in [-0.1, -0.05) is 6.07 Å². The van der Waals surface area contributed by atoms with E-state index in [0.29, 0.717) is 31.4 Å². The number of carboxylic acid groups (broad SMARTS) is 1. The van der Waals surface area contributed by atoms with Gasteiger partial charge in [-0.2, -0.15) is 0 Å². The summed E-state index contributed by atoms with van der Waals surface area (Å²) in [5, 5.41) is 17.7. The van der Waals surface area contributed by atoms with E-state index in [9.17, 15) is 43.5 Å². The average molecular weight is 793 g/mol. The summed E-state index contributed by atoms with van der Waals surface area (Å²) in [6, 6.07) is 3.09. The lowest BCUT2D eigenvalue weighted by Gasteiger charge is -2.41.